The Labute approximate surface area is 144 Å². The third-order valence-electron chi connectivity index (χ3n) is 2.18. The highest BCUT2D eigenvalue weighted by molar-refractivity contribution is 6.54. The van der Waals surface area contributed by atoms with Gasteiger partial charge in [-0.3, -0.25) is 4.46 Å². The average molecular weight is 403 g/mol. The summed E-state index contributed by atoms with van der Waals surface area (Å²) >= 11 is 0. The molecule has 0 spiro atoms. The van der Waals surface area contributed by atoms with Crippen molar-refractivity contribution >= 4 is 27.3 Å². The van der Waals surface area contributed by atoms with E-state index in [0.717, 1.165) is 0 Å². The minimum atomic E-state index is -3.64. The lowest BCUT2D eigenvalue weighted by atomic mass is 10.7. The van der Waals surface area contributed by atoms with Crippen LogP contribution in [0.1, 0.15) is 0 Å². The molecule has 0 rings (SSSR count). The van der Waals surface area contributed by atoms with Gasteiger partial charge in [0.15, 0.2) is 0 Å². The lowest BCUT2D eigenvalue weighted by molar-refractivity contribution is -0.262. The molecule has 0 fully saturated rings. The molecule has 0 aromatic rings. The van der Waals surface area contributed by atoms with Crippen LogP contribution in [0.2, 0.25) is 0 Å². The van der Waals surface area contributed by atoms with Gasteiger partial charge in [0.25, 0.3) is 0 Å². The van der Waals surface area contributed by atoms with Crippen molar-refractivity contribution < 1.29 is 49.3 Å². The van der Waals surface area contributed by atoms with E-state index in [1.807, 2.05) is 0 Å². The second-order valence-electron chi connectivity index (χ2n) is 3.60. The SMILES string of the molecule is C=CCO[Si](OC)(OC)OO[Si](=O)OO[Si](OC)(OC)OCC=C. The van der Waals surface area contributed by atoms with E-state index in [1.165, 1.54) is 40.6 Å². The van der Waals surface area contributed by atoms with Crippen LogP contribution < -0.4 is 0 Å². The molecule has 11 nitrogen and oxygen atoms in total. The average Bonchev–Trinajstić information content (AvgIpc) is 2.63. The highest BCUT2D eigenvalue weighted by Crippen LogP contribution is 2.12. The van der Waals surface area contributed by atoms with Gasteiger partial charge in [-0.2, -0.15) is 9.15 Å². The number of hydrogen-bond donors (Lipinski definition) is 0. The predicted octanol–water partition coefficient (Wildman–Crippen LogP) is 0.160. The van der Waals surface area contributed by atoms with Crippen LogP contribution in [0.4, 0.5) is 0 Å². The zero-order valence-corrected chi connectivity index (χ0v) is 17.0. The first-order valence-corrected chi connectivity index (χ1v) is 10.9. The summed E-state index contributed by atoms with van der Waals surface area (Å²) in [5.74, 6) is 0. The summed E-state index contributed by atoms with van der Waals surface area (Å²) in [7, 11) is -5.49. The molecule has 0 amide bonds. The first-order valence-electron chi connectivity index (χ1n) is 6.42. The topological polar surface area (TPSA) is 109 Å². The van der Waals surface area contributed by atoms with Gasteiger partial charge in [0.1, 0.15) is 0 Å². The Balaban J connectivity index is 4.54. The van der Waals surface area contributed by atoms with E-state index in [2.05, 4.69) is 22.3 Å². The Morgan fingerprint density at radius 2 is 1.12 bits per heavy atom. The van der Waals surface area contributed by atoms with Crippen molar-refractivity contribution in [3.63, 3.8) is 0 Å². The van der Waals surface area contributed by atoms with Crippen LogP contribution in [0.3, 0.4) is 0 Å². The summed E-state index contributed by atoms with van der Waals surface area (Å²) in [5.41, 5.74) is 0. The van der Waals surface area contributed by atoms with Gasteiger partial charge >= 0.3 is 27.3 Å². The smallest absolute Gasteiger partial charge is 0.353 e. The van der Waals surface area contributed by atoms with Crippen molar-refractivity contribution in [2.24, 2.45) is 0 Å². The number of rotatable bonds is 16. The first kappa shape index (κ1) is 23.2. The van der Waals surface area contributed by atoms with Gasteiger partial charge in [-0.1, -0.05) is 12.2 Å². The second-order valence-corrected chi connectivity index (χ2v) is 8.98. The van der Waals surface area contributed by atoms with Crippen LogP contribution in [-0.2, 0) is 49.3 Å². The zero-order chi connectivity index (χ0) is 18.5. The second kappa shape index (κ2) is 12.6. The standard InChI is InChI=1S/C10H22O11Si3/c1-7-9-16-23(12-3,13-4)20-18-22(11)19-21-24(14-5,15-6)17-10-8-2/h7-8H,1-2,9-10H2,3-6H3. The van der Waals surface area contributed by atoms with Crippen LogP contribution in [0.5, 0.6) is 0 Å². The fourth-order valence-electron chi connectivity index (χ4n) is 1.09. The highest BCUT2D eigenvalue weighted by atomic mass is 28.4. The van der Waals surface area contributed by atoms with E-state index >= 15 is 0 Å². The predicted molar refractivity (Wildman–Crippen MR) is 82.6 cm³/mol. The molecule has 0 aliphatic carbocycles. The van der Waals surface area contributed by atoms with Crippen molar-refractivity contribution in [2.75, 3.05) is 41.7 Å². The minimum Gasteiger partial charge on any atom is -0.353 e. The van der Waals surface area contributed by atoms with Crippen molar-refractivity contribution in [1.82, 2.24) is 0 Å². The Hall–Kier alpha value is -0.789. The van der Waals surface area contributed by atoms with Gasteiger partial charge in [0.05, 0.1) is 13.2 Å². The highest BCUT2D eigenvalue weighted by Gasteiger charge is 2.49. The molecule has 0 aromatic heterocycles. The Morgan fingerprint density at radius 1 is 0.792 bits per heavy atom. The van der Waals surface area contributed by atoms with Crippen molar-refractivity contribution in [3.8, 4) is 0 Å². The fraction of sp³-hybridized carbons (Fsp3) is 0.600. The van der Waals surface area contributed by atoms with Crippen LogP contribution in [-0.4, -0.2) is 68.9 Å². The Morgan fingerprint density at radius 3 is 1.38 bits per heavy atom. The maximum Gasteiger partial charge on any atom is 0.833 e. The summed E-state index contributed by atoms with van der Waals surface area (Å²) in [6.07, 6.45) is 2.89. The van der Waals surface area contributed by atoms with Gasteiger partial charge in [-0.15, -0.1) is 13.2 Å². The van der Waals surface area contributed by atoms with Gasteiger partial charge in [0, 0.05) is 28.4 Å². The van der Waals surface area contributed by atoms with E-state index in [0.29, 0.717) is 0 Å². The molecular formula is C10H22O11Si3. The monoisotopic (exact) mass is 402 g/mol. The molecule has 0 saturated heterocycles. The van der Waals surface area contributed by atoms with E-state index < -0.39 is 27.3 Å². The van der Waals surface area contributed by atoms with Gasteiger partial charge < -0.3 is 35.7 Å². The molecule has 0 aliphatic rings. The van der Waals surface area contributed by atoms with E-state index in [1.54, 1.807) is 0 Å². The van der Waals surface area contributed by atoms with E-state index in [4.69, 9.17) is 35.7 Å². The third kappa shape index (κ3) is 7.86. The van der Waals surface area contributed by atoms with Crippen LogP contribution in [0.25, 0.3) is 0 Å². The lowest BCUT2D eigenvalue weighted by Gasteiger charge is -2.23. The molecule has 0 radical (unpaired) electrons. The summed E-state index contributed by atoms with van der Waals surface area (Å²) < 4.78 is 60.8. The Bertz CT molecular complexity index is 352. The summed E-state index contributed by atoms with van der Waals surface area (Å²) in [6, 6.07) is 0. The quantitative estimate of drug-likeness (QED) is 0.152. The van der Waals surface area contributed by atoms with E-state index in [9.17, 15) is 4.46 Å². The van der Waals surface area contributed by atoms with E-state index in [-0.39, 0.29) is 13.2 Å². The first-order chi connectivity index (χ1) is 11.5. The number of hydrogen-bond acceptors (Lipinski definition) is 11. The summed E-state index contributed by atoms with van der Waals surface area (Å²) in [4.78, 5) is 0. The third-order valence-corrected chi connectivity index (χ3v) is 6.57. The van der Waals surface area contributed by atoms with Gasteiger partial charge in [-0.25, -0.2) is 0 Å². The molecule has 0 unspecified atom stereocenters. The summed E-state index contributed by atoms with van der Waals surface area (Å²) in [6.45, 7) is 7.07. The molecule has 0 aliphatic heterocycles. The molecule has 0 atom stereocenters. The molecule has 140 valence electrons. The van der Waals surface area contributed by atoms with Crippen LogP contribution in [0, 0.1) is 0 Å². The Kier molecular flexibility index (Phi) is 12.1. The maximum absolute atomic E-state index is 11.7. The normalized spacial score (nSPS) is 11.8. The van der Waals surface area contributed by atoms with Gasteiger partial charge in [0.2, 0.25) is 0 Å². The molecule has 24 heavy (non-hydrogen) atoms. The minimum absolute atomic E-state index is 0.0638. The molecule has 0 heterocycles. The van der Waals surface area contributed by atoms with Crippen molar-refractivity contribution in [2.45, 2.75) is 0 Å². The van der Waals surface area contributed by atoms with Crippen LogP contribution >= 0.6 is 0 Å². The van der Waals surface area contributed by atoms with Crippen molar-refractivity contribution in [1.29, 1.82) is 0 Å². The lowest BCUT2D eigenvalue weighted by Crippen LogP contribution is -2.50. The largest absolute Gasteiger partial charge is 0.833 e. The molecule has 14 heteroatoms. The summed E-state index contributed by atoms with van der Waals surface area (Å²) in [5, 5.41) is 0. The maximum atomic E-state index is 11.7. The molecule has 0 saturated carbocycles. The molecular weight excluding hydrogens is 380 g/mol. The molecule has 0 aromatic carbocycles. The van der Waals surface area contributed by atoms with Crippen molar-refractivity contribution in [3.05, 3.63) is 25.3 Å². The van der Waals surface area contributed by atoms with Gasteiger partial charge in [-0.05, 0) is 0 Å². The van der Waals surface area contributed by atoms with Crippen LogP contribution in [0.15, 0.2) is 25.3 Å². The zero-order valence-electron chi connectivity index (χ0n) is 14.0. The molecule has 0 bridgehead atoms. The fourth-order valence-corrected chi connectivity index (χ4v) is 4.30. The molecule has 0 N–H and O–H groups in total.